The first kappa shape index (κ1) is 8.78. The van der Waals surface area contributed by atoms with Crippen LogP contribution in [-0.4, -0.2) is 5.84 Å². The van der Waals surface area contributed by atoms with Crippen molar-refractivity contribution in [2.45, 2.75) is 20.8 Å². The number of nitrogen functional groups attached to an aromatic ring is 1. The first-order valence-electron chi connectivity index (χ1n) is 3.94. The molecule has 0 saturated heterocycles. The van der Waals surface area contributed by atoms with Crippen LogP contribution >= 0.6 is 0 Å². The van der Waals surface area contributed by atoms with Gasteiger partial charge in [-0.2, -0.15) is 0 Å². The fourth-order valence-electron chi connectivity index (χ4n) is 1.25. The second-order valence-corrected chi connectivity index (χ2v) is 3.17. The average molecular weight is 162 g/mol. The van der Waals surface area contributed by atoms with E-state index in [1.807, 2.05) is 19.9 Å². The van der Waals surface area contributed by atoms with Crippen LogP contribution in [-0.2, 0) is 0 Å². The predicted molar refractivity (Wildman–Crippen MR) is 51.7 cm³/mol. The lowest BCUT2D eigenvalue weighted by atomic mass is 10.0. The Morgan fingerprint density at radius 2 is 1.58 bits per heavy atom. The van der Waals surface area contributed by atoms with Crippen LogP contribution < -0.4 is 5.73 Å². The van der Waals surface area contributed by atoms with Crippen LogP contribution in [0.2, 0.25) is 0 Å². The van der Waals surface area contributed by atoms with Gasteiger partial charge in [-0.1, -0.05) is 6.07 Å². The fourth-order valence-corrected chi connectivity index (χ4v) is 1.25. The van der Waals surface area contributed by atoms with Crippen LogP contribution in [0, 0.1) is 26.2 Å². The molecule has 0 aromatic heterocycles. The van der Waals surface area contributed by atoms with Gasteiger partial charge in [-0.15, -0.1) is 0 Å². The van der Waals surface area contributed by atoms with E-state index in [-0.39, 0.29) is 5.84 Å². The summed E-state index contributed by atoms with van der Waals surface area (Å²) in [4.78, 5) is 0. The molecule has 2 heteroatoms. The molecule has 3 N–H and O–H groups in total. The van der Waals surface area contributed by atoms with Crippen LogP contribution in [0.4, 0.5) is 0 Å². The highest BCUT2D eigenvalue weighted by Crippen LogP contribution is 2.14. The summed E-state index contributed by atoms with van der Waals surface area (Å²) in [6.45, 7) is 6.07. The summed E-state index contributed by atoms with van der Waals surface area (Å²) < 4.78 is 0. The van der Waals surface area contributed by atoms with Gasteiger partial charge in [-0.05, 0) is 43.5 Å². The topological polar surface area (TPSA) is 49.9 Å². The molecule has 0 aliphatic rings. The molecule has 0 saturated carbocycles. The molecule has 12 heavy (non-hydrogen) atoms. The molecule has 0 amide bonds. The Morgan fingerprint density at radius 3 is 2.08 bits per heavy atom. The van der Waals surface area contributed by atoms with Crippen molar-refractivity contribution in [2.75, 3.05) is 0 Å². The van der Waals surface area contributed by atoms with Gasteiger partial charge in [-0.3, -0.25) is 5.41 Å². The predicted octanol–water partition coefficient (Wildman–Crippen LogP) is 1.90. The van der Waals surface area contributed by atoms with Crippen molar-refractivity contribution in [1.82, 2.24) is 0 Å². The average Bonchev–Trinajstić information content (AvgIpc) is 1.96. The van der Waals surface area contributed by atoms with E-state index in [0.29, 0.717) is 0 Å². The first-order valence-corrected chi connectivity index (χ1v) is 3.94. The van der Waals surface area contributed by atoms with E-state index >= 15 is 0 Å². The molecule has 0 fully saturated rings. The SMILES string of the molecule is Cc1cc(C)c(C(=N)N)cc1C. The highest BCUT2D eigenvalue weighted by Gasteiger charge is 2.03. The largest absolute Gasteiger partial charge is 0.384 e. The molecular formula is C10H14N2. The number of aryl methyl sites for hydroxylation is 3. The Balaban J connectivity index is 3.33. The lowest BCUT2D eigenvalue weighted by molar-refractivity contribution is 1.27. The minimum Gasteiger partial charge on any atom is -0.384 e. The van der Waals surface area contributed by atoms with Gasteiger partial charge < -0.3 is 5.73 Å². The van der Waals surface area contributed by atoms with Gasteiger partial charge in [0.15, 0.2) is 0 Å². The summed E-state index contributed by atoms with van der Waals surface area (Å²) in [6, 6.07) is 4.03. The lowest BCUT2D eigenvalue weighted by Gasteiger charge is -2.07. The van der Waals surface area contributed by atoms with E-state index in [9.17, 15) is 0 Å². The zero-order valence-electron chi connectivity index (χ0n) is 7.73. The standard InChI is InChI=1S/C10H14N2/c1-6-4-8(3)9(10(11)12)5-7(6)2/h4-5H,1-3H3,(H3,11,12). The number of hydrogen-bond donors (Lipinski definition) is 2. The van der Waals surface area contributed by atoms with Gasteiger partial charge >= 0.3 is 0 Å². The molecular weight excluding hydrogens is 148 g/mol. The highest BCUT2D eigenvalue weighted by atomic mass is 14.7. The van der Waals surface area contributed by atoms with E-state index < -0.39 is 0 Å². The number of benzene rings is 1. The number of nitrogens with one attached hydrogen (secondary N) is 1. The Hall–Kier alpha value is -1.31. The monoisotopic (exact) mass is 162 g/mol. The maximum atomic E-state index is 7.32. The Labute approximate surface area is 72.9 Å². The molecule has 64 valence electrons. The summed E-state index contributed by atoms with van der Waals surface area (Å²) in [5, 5.41) is 7.32. The van der Waals surface area contributed by atoms with Crippen LogP contribution in [0.3, 0.4) is 0 Å². The minimum atomic E-state index is 0.149. The zero-order chi connectivity index (χ0) is 9.30. The Morgan fingerprint density at radius 1 is 1.08 bits per heavy atom. The van der Waals surface area contributed by atoms with Crippen molar-refractivity contribution >= 4 is 5.84 Å². The second kappa shape index (κ2) is 2.97. The summed E-state index contributed by atoms with van der Waals surface area (Å²) >= 11 is 0. The molecule has 2 nitrogen and oxygen atoms in total. The number of hydrogen-bond acceptors (Lipinski definition) is 1. The lowest BCUT2D eigenvalue weighted by Crippen LogP contribution is -2.13. The molecule has 0 aliphatic carbocycles. The maximum Gasteiger partial charge on any atom is 0.123 e. The molecule has 0 aliphatic heterocycles. The third kappa shape index (κ3) is 1.47. The molecule has 0 spiro atoms. The third-order valence-corrected chi connectivity index (χ3v) is 2.13. The van der Waals surface area contributed by atoms with E-state index in [4.69, 9.17) is 11.1 Å². The molecule has 1 aromatic rings. The number of amidine groups is 1. The molecule has 0 heterocycles. The van der Waals surface area contributed by atoms with Crippen molar-refractivity contribution < 1.29 is 0 Å². The van der Waals surface area contributed by atoms with Gasteiger partial charge in [-0.25, -0.2) is 0 Å². The molecule has 0 radical (unpaired) electrons. The molecule has 0 bridgehead atoms. The molecule has 1 aromatic carbocycles. The quantitative estimate of drug-likeness (QED) is 0.481. The van der Waals surface area contributed by atoms with Crippen LogP contribution in [0.15, 0.2) is 12.1 Å². The Kier molecular flexibility index (Phi) is 2.18. The first-order chi connectivity index (χ1) is 5.52. The summed E-state index contributed by atoms with van der Waals surface area (Å²) in [6.07, 6.45) is 0. The van der Waals surface area contributed by atoms with Crippen molar-refractivity contribution in [3.8, 4) is 0 Å². The van der Waals surface area contributed by atoms with E-state index in [1.54, 1.807) is 0 Å². The van der Waals surface area contributed by atoms with Gasteiger partial charge in [0.05, 0.1) is 0 Å². The molecule has 0 atom stereocenters. The summed E-state index contributed by atoms with van der Waals surface area (Å²) in [5.41, 5.74) is 9.77. The summed E-state index contributed by atoms with van der Waals surface area (Å²) in [7, 11) is 0. The fraction of sp³-hybridized carbons (Fsp3) is 0.300. The van der Waals surface area contributed by atoms with Crippen molar-refractivity contribution in [2.24, 2.45) is 5.73 Å². The van der Waals surface area contributed by atoms with Gasteiger partial charge in [0, 0.05) is 5.56 Å². The summed E-state index contributed by atoms with van der Waals surface area (Å²) in [5.74, 6) is 0.149. The van der Waals surface area contributed by atoms with Crippen LogP contribution in [0.25, 0.3) is 0 Å². The van der Waals surface area contributed by atoms with E-state index in [0.717, 1.165) is 11.1 Å². The van der Waals surface area contributed by atoms with Gasteiger partial charge in [0.2, 0.25) is 0 Å². The Bertz CT molecular complexity index is 327. The van der Waals surface area contributed by atoms with Gasteiger partial charge in [0.1, 0.15) is 5.84 Å². The highest BCUT2D eigenvalue weighted by molar-refractivity contribution is 5.96. The van der Waals surface area contributed by atoms with Crippen molar-refractivity contribution in [1.29, 1.82) is 5.41 Å². The van der Waals surface area contributed by atoms with Crippen molar-refractivity contribution in [3.63, 3.8) is 0 Å². The number of nitrogens with two attached hydrogens (primary N) is 1. The van der Waals surface area contributed by atoms with Gasteiger partial charge in [0.25, 0.3) is 0 Å². The normalized spacial score (nSPS) is 9.92. The van der Waals surface area contributed by atoms with Crippen molar-refractivity contribution in [3.05, 3.63) is 34.4 Å². The third-order valence-electron chi connectivity index (χ3n) is 2.13. The smallest absolute Gasteiger partial charge is 0.123 e. The second-order valence-electron chi connectivity index (χ2n) is 3.17. The van der Waals surface area contributed by atoms with E-state index in [2.05, 4.69) is 13.0 Å². The van der Waals surface area contributed by atoms with Crippen LogP contribution in [0.1, 0.15) is 22.3 Å². The minimum absolute atomic E-state index is 0.149. The molecule has 1 rings (SSSR count). The van der Waals surface area contributed by atoms with Crippen LogP contribution in [0.5, 0.6) is 0 Å². The molecule has 0 unspecified atom stereocenters. The maximum absolute atomic E-state index is 7.32. The zero-order valence-corrected chi connectivity index (χ0v) is 7.73. The van der Waals surface area contributed by atoms with E-state index in [1.165, 1.54) is 11.1 Å². The number of rotatable bonds is 1.